The summed E-state index contributed by atoms with van der Waals surface area (Å²) in [7, 11) is 0. The van der Waals surface area contributed by atoms with Gasteiger partial charge < -0.3 is 0 Å². The Labute approximate surface area is 148 Å². The molecular weight excluding hydrogens is 306 g/mol. The quantitative estimate of drug-likeness (QED) is 0.728. The monoisotopic (exact) mass is 329 g/mol. The van der Waals surface area contributed by atoms with Crippen LogP contribution in [0.15, 0.2) is 66.9 Å². The minimum absolute atomic E-state index is 0.696. The summed E-state index contributed by atoms with van der Waals surface area (Å²) in [5.74, 6) is 0. The SMILES string of the molecule is c1ccc(CN2CC3CC(C2)N3Cc2cccc3ccccc23)nc1. The fourth-order valence-electron chi connectivity index (χ4n) is 4.51. The van der Waals surface area contributed by atoms with E-state index in [4.69, 9.17) is 0 Å². The minimum atomic E-state index is 0.696. The second-order valence-corrected chi connectivity index (χ2v) is 7.37. The maximum atomic E-state index is 4.48. The van der Waals surface area contributed by atoms with Crippen molar-refractivity contribution in [1.82, 2.24) is 14.8 Å². The second-order valence-electron chi connectivity index (χ2n) is 7.37. The summed E-state index contributed by atoms with van der Waals surface area (Å²) >= 11 is 0. The van der Waals surface area contributed by atoms with E-state index in [1.165, 1.54) is 28.5 Å². The lowest BCUT2D eigenvalue weighted by Crippen LogP contribution is -2.67. The molecule has 3 aliphatic rings. The summed E-state index contributed by atoms with van der Waals surface area (Å²) in [4.78, 5) is 9.75. The van der Waals surface area contributed by atoms with Gasteiger partial charge in [0.2, 0.25) is 0 Å². The van der Waals surface area contributed by atoms with Crippen molar-refractivity contribution < 1.29 is 0 Å². The zero-order valence-electron chi connectivity index (χ0n) is 14.4. The van der Waals surface area contributed by atoms with Gasteiger partial charge in [-0.2, -0.15) is 0 Å². The van der Waals surface area contributed by atoms with Crippen LogP contribution >= 0.6 is 0 Å². The van der Waals surface area contributed by atoms with Crippen molar-refractivity contribution >= 4 is 10.8 Å². The van der Waals surface area contributed by atoms with Crippen molar-refractivity contribution in [3.8, 4) is 0 Å². The van der Waals surface area contributed by atoms with Crippen LogP contribution < -0.4 is 0 Å². The van der Waals surface area contributed by atoms with E-state index in [1.54, 1.807) is 0 Å². The summed E-state index contributed by atoms with van der Waals surface area (Å²) in [6.07, 6.45) is 3.25. The molecule has 3 aliphatic heterocycles. The maximum Gasteiger partial charge on any atom is 0.0543 e. The third-order valence-corrected chi connectivity index (χ3v) is 5.76. The largest absolute Gasteiger partial charge is 0.294 e. The Hall–Kier alpha value is -2.23. The Morgan fingerprint density at radius 2 is 1.64 bits per heavy atom. The Balaban J connectivity index is 1.28. The summed E-state index contributed by atoms with van der Waals surface area (Å²) in [5.41, 5.74) is 2.65. The molecule has 2 bridgehead atoms. The van der Waals surface area contributed by atoms with Crippen molar-refractivity contribution in [1.29, 1.82) is 0 Å². The van der Waals surface area contributed by atoms with Gasteiger partial charge in [-0.25, -0.2) is 0 Å². The molecule has 3 aromatic rings. The van der Waals surface area contributed by atoms with Gasteiger partial charge in [-0.15, -0.1) is 0 Å². The Morgan fingerprint density at radius 1 is 0.840 bits per heavy atom. The molecule has 0 radical (unpaired) electrons. The number of fused-ring (bicyclic) bond motifs is 3. The molecule has 6 rings (SSSR count). The van der Waals surface area contributed by atoms with E-state index in [-0.39, 0.29) is 0 Å². The van der Waals surface area contributed by atoms with E-state index < -0.39 is 0 Å². The van der Waals surface area contributed by atoms with Gasteiger partial charge in [0.05, 0.1) is 5.69 Å². The zero-order chi connectivity index (χ0) is 16.6. The molecule has 1 aromatic heterocycles. The molecule has 25 heavy (non-hydrogen) atoms. The van der Waals surface area contributed by atoms with Gasteiger partial charge in [0.25, 0.3) is 0 Å². The molecule has 2 atom stereocenters. The smallest absolute Gasteiger partial charge is 0.0543 e. The fourth-order valence-corrected chi connectivity index (χ4v) is 4.51. The molecule has 2 unspecified atom stereocenters. The van der Waals surface area contributed by atoms with E-state index in [9.17, 15) is 0 Å². The van der Waals surface area contributed by atoms with E-state index in [2.05, 4.69) is 69.4 Å². The average molecular weight is 329 g/mol. The van der Waals surface area contributed by atoms with Crippen molar-refractivity contribution in [3.63, 3.8) is 0 Å². The number of rotatable bonds is 4. The normalized spacial score (nSPS) is 23.5. The van der Waals surface area contributed by atoms with Crippen LogP contribution in [0.2, 0.25) is 0 Å². The van der Waals surface area contributed by atoms with E-state index in [1.807, 2.05) is 12.3 Å². The number of nitrogens with zero attached hydrogens (tertiary/aromatic N) is 3. The van der Waals surface area contributed by atoms with Crippen LogP contribution in [0, 0.1) is 0 Å². The third-order valence-electron chi connectivity index (χ3n) is 5.76. The molecule has 0 spiro atoms. The molecule has 126 valence electrons. The molecule has 3 heteroatoms. The standard InChI is InChI=1S/C22H23N3/c1-2-10-22-17(6-1)7-5-8-18(22)13-25-20-12-21(25)16-24(15-20)14-19-9-3-4-11-23-19/h1-11,20-21H,12-16H2. The predicted octanol–water partition coefficient (Wildman–Crippen LogP) is 3.69. The van der Waals surface area contributed by atoms with E-state index in [0.29, 0.717) is 12.1 Å². The van der Waals surface area contributed by atoms with Crippen molar-refractivity contribution in [2.45, 2.75) is 31.6 Å². The third kappa shape index (κ3) is 2.84. The van der Waals surface area contributed by atoms with Gasteiger partial charge in [-0.3, -0.25) is 14.8 Å². The van der Waals surface area contributed by atoms with Crippen LogP contribution in [0.25, 0.3) is 10.8 Å². The van der Waals surface area contributed by atoms with Crippen molar-refractivity contribution in [3.05, 3.63) is 78.1 Å². The van der Waals surface area contributed by atoms with Crippen LogP contribution in [0.5, 0.6) is 0 Å². The molecule has 3 nitrogen and oxygen atoms in total. The highest BCUT2D eigenvalue weighted by Crippen LogP contribution is 2.35. The number of pyridine rings is 1. The van der Waals surface area contributed by atoms with Crippen molar-refractivity contribution in [2.24, 2.45) is 0 Å². The van der Waals surface area contributed by atoms with Crippen LogP contribution in [0.3, 0.4) is 0 Å². The fraction of sp³-hybridized carbons (Fsp3) is 0.318. The lowest BCUT2D eigenvalue weighted by Gasteiger charge is -2.56. The van der Waals surface area contributed by atoms with E-state index in [0.717, 1.165) is 26.2 Å². The number of benzene rings is 2. The summed E-state index contributed by atoms with van der Waals surface area (Å²) in [6, 6.07) is 23.0. The number of aromatic nitrogens is 1. The molecule has 0 aliphatic carbocycles. The molecule has 2 aromatic carbocycles. The molecule has 0 saturated carbocycles. The number of hydrogen-bond donors (Lipinski definition) is 0. The summed E-state index contributed by atoms with van der Waals surface area (Å²) in [5, 5.41) is 2.75. The molecule has 0 amide bonds. The highest BCUT2D eigenvalue weighted by atomic mass is 15.4. The molecule has 4 heterocycles. The van der Waals surface area contributed by atoms with Gasteiger partial charge in [-0.05, 0) is 34.9 Å². The lowest BCUT2D eigenvalue weighted by molar-refractivity contribution is -0.0775. The van der Waals surface area contributed by atoms with Crippen LogP contribution in [-0.2, 0) is 13.1 Å². The average Bonchev–Trinajstić information content (AvgIpc) is 2.67. The maximum absolute atomic E-state index is 4.48. The molecule has 0 N–H and O–H groups in total. The Morgan fingerprint density at radius 3 is 2.48 bits per heavy atom. The molecule has 3 saturated heterocycles. The van der Waals surface area contributed by atoms with Gasteiger partial charge in [-0.1, -0.05) is 48.5 Å². The first-order valence-corrected chi connectivity index (χ1v) is 9.21. The highest BCUT2D eigenvalue weighted by Gasteiger charge is 2.44. The van der Waals surface area contributed by atoms with E-state index >= 15 is 0 Å². The second kappa shape index (κ2) is 6.25. The van der Waals surface area contributed by atoms with Crippen LogP contribution in [0.1, 0.15) is 17.7 Å². The first kappa shape index (κ1) is 15.1. The zero-order valence-corrected chi connectivity index (χ0v) is 14.4. The topological polar surface area (TPSA) is 19.4 Å². The van der Waals surface area contributed by atoms with Gasteiger partial charge in [0, 0.05) is 44.5 Å². The van der Waals surface area contributed by atoms with Gasteiger partial charge >= 0.3 is 0 Å². The number of hydrogen-bond acceptors (Lipinski definition) is 3. The first-order valence-electron chi connectivity index (χ1n) is 9.21. The van der Waals surface area contributed by atoms with Gasteiger partial charge in [0.15, 0.2) is 0 Å². The van der Waals surface area contributed by atoms with Crippen LogP contribution in [0.4, 0.5) is 0 Å². The van der Waals surface area contributed by atoms with Crippen molar-refractivity contribution in [2.75, 3.05) is 13.1 Å². The highest BCUT2D eigenvalue weighted by molar-refractivity contribution is 5.85. The van der Waals surface area contributed by atoms with Crippen LogP contribution in [-0.4, -0.2) is 40.0 Å². The summed E-state index contributed by atoms with van der Waals surface area (Å²) < 4.78 is 0. The number of piperidine rings is 1. The number of piperazine rings is 1. The molecule has 3 fully saturated rings. The van der Waals surface area contributed by atoms with Gasteiger partial charge in [0.1, 0.15) is 0 Å². The molecular formula is C22H23N3. The minimum Gasteiger partial charge on any atom is -0.294 e. The lowest BCUT2D eigenvalue weighted by atomic mass is 9.86. The Kier molecular flexibility index (Phi) is 3.76. The predicted molar refractivity (Wildman–Crippen MR) is 101 cm³/mol. The summed E-state index contributed by atoms with van der Waals surface area (Å²) in [6.45, 7) is 4.39. The first-order chi connectivity index (χ1) is 12.4. The Bertz CT molecular complexity index is 859.